The van der Waals surface area contributed by atoms with E-state index in [0.717, 1.165) is 6.20 Å². The van der Waals surface area contributed by atoms with Crippen LogP contribution in [0.25, 0.3) is 0 Å². The van der Waals surface area contributed by atoms with Crippen molar-refractivity contribution in [3.63, 3.8) is 0 Å². The lowest BCUT2D eigenvalue weighted by atomic mass is 10.1. The van der Waals surface area contributed by atoms with E-state index in [0.29, 0.717) is 4.47 Å². The van der Waals surface area contributed by atoms with Gasteiger partial charge < -0.3 is 10.4 Å². The van der Waals surface area contributed by atoms with Gasteiger partial charge in [-0.3, -0.25) is 4.98 Å². The molecule has 0 bridgehead atoms. The first kappa shape index (κ1) is 15.0. The standard InChI is InChI=1S/C9H7BrClF3N2O2/c10-5-1-4(2-11)6(15-3-5)7(9(12,13)14)16-8(17)18/h1,3,7,16H,2H2,(H,17,18). The summed E-state index contributed by atoms with van der Waals surface area (Å²) < 4.78 is 38.7. The molecule has 1 heterocycles. The molecule has 0 aliphatic rings. The lowest BCUT2D eigenvalue weighted by Crippen LogP contribution is -2.38. The highest BCUT2D eigenvalue weighted by atomic mass is 79.9. The monoisotopic (exact) mass is 346 g/mol. The molecule has 0 aromatic carbocycles. The number of halogens is 5. The van der Waals surface area contributed by atoms with E-state index in [2.05, 4.69) is 20.9 Å². The van der Waals surface area contributed by atoms with Crippen LogP contribution in [0.4, 0.5) is 18.0 Å². The largest absolute Gasteiger partial charge is 0.465 e. The normalized spacial score (nSPS) is 13.2. The van der Waals surface area contributed by atoms with Gasteiger partial charge in [-0.15, -0.1) is 11.6 Å². The zero-order chi connectivity index (χ0) is 13.9. The topological polar surface area (TPSA) is 62.2 Å². The number of hydrogen-bond donors (Lipinski definition) is 2. The Morgan fingerprint density at radius 2 is 2.22 bits per heavy atom. The molecule has 9 heteroatoms. The van der Waals surface area contributed by atoms with Gasteiger partial charge in [-0.1, -0.05) is 0 Å². The molecule has 1 amide bonds. The molecule has 1 aromatic rings. The molecule has 0 fully saturated rings. The van der Waals surface area contributed by atoms with E-state index in [1.54, 1.807) is 0 Å². The van der Waals surface area contributed by atoms with Crippen LogP contribution < -0.4 is 5.32 Å². The first-order chi connectivity index (χ1) is 8.25. The van der Waals surface area contributed by atoms with Gasteiger partial charge in [-0.05, 0) is 27.6 Å². The maximum atomic E-state index is 12.8. The van der Waals surface area contributed by atoms with E-state index in [1.165, 1.54) is 11.4 Å². The molecule has 0 saturated carbocycles. The Labute approximate surface area is 113 Å². The summed E-state index contributed by atoms with van der Waals surface area (Å²) in [5, 5.41) is 9.83. The average molecular weight is 348 g/mol. The number of amides is 1. The Kier molecular flexibility index (Phi) is 4.80. The summed E-state index contributed by atoms with van der Waals surface area (Å²) in [5.74, 6) is -0.213. The Hall–Kier alpha value is -1.02. The predicted octanol–water partition coefficient (Wildman–Crippen LogP) is 3.45. The average Bonchev–Trinajstić information content (AvgIpc) is 2.24. The van der Waals surface area contributed by atoms with Crippen LogP contribution in [0.1, 0.15) is 17.3 Å². The second-order valence-corrected chi connectivity index (χ2v) is 4.44. The van der Waals surface area contributed by atoms with Crippen molar-refractivity contribution in [2.45, 2.75) is 18.1 Å². The molecule has 0 aliphatic heterocycles. The zero-order valence-electron chi connectivity index (χ0n) is 8.63. The van der Waals surface area contributed by atoms with Crippen LogP contribution in [0, 0.1) is 0 Å². The molecular formula is C9H7BrClF3N2O2. The van der Waals surface area contributed by atoms with Crippen LogP contribution in [0.15, 0.2) is 16.7 Å². The second kappa shape index (κ2) is 5.75. The van der Waals surface area contributed by atoms with Gasteiger partial charge in [0.15, 0.2) is 6.04 Å². The first-order valence-electron chi connectivity index (χ1n) is 4.52. The molecule has 0 aliphatic carbocycles. The molecule has 4 nitrogen and oxygen atoms in total. The number of hydrogen-bond acceptors (Lipinski definition) is 2. The number of nitrogens with zero attached hydrogens (tertiary/aromatic N) is 1. The van der Waals surface area contributed by atoms with Crippen LogP contribution in [0.5, 0.6) is 0 Å². The lowest BCUT2D eigenvalue weighted by molar-refractivity contribution is -0.156. The molecule has 0 radical (unpaired) electrons. The van der Waals surface area contributed by atoms with Crippen molar-refractivity contribution in [2.24, 2.45) is 0 Å². The number of rotatable bonds is 3. The third kappa shape index (κ3) is 3.74. The third-order valence-electron chi connectivity index (χ3n) is 1.98. The summed E-state index contributed by atoms with van der Waals surface area (Å²) in [7, 11) is 0. The highest BCUT2D eigenvalue weighted by Crippen LogP contribution is 2.34. The van der Waals surface area contributed by atoms with E-state index in [4.69, 9.17) is 16.7 Å². The molecule has 0 spiro atoms. The second-order valence-electron chi connectivity index (χ2n) is 3.26. The van der Waals surface area contributed by atoms with E-state index in [-0.39, 0.29) is 11.4 Å². The van der Waals surface area contributed by atoms with Gasteiger partial charge in [0, 0.05) is 16.5 Å². The Balaban J connectivity index is 3.24. The van der Waals surface area contributed by atoms with Gasteiger partial charge >= 0.3 is 12.3 Å². The van der Waals surface area contributed by atoms with Crippen molar-refractivity contribution in [3.05, 3.63) is 28.0 Å². The number of carbonyl (C=O) groups is 1. The quantitative estimate of drug-likeness (QED) is 0.823. The van der Waals surface area contributed by atoms with E-state index >= 15 is 0 Å². The van der Waals surface area contributed by atoms with Gasteiger partial charge in [0.2, 0.25) is 0 Å². The van der Waals surface area contributed by atoms with Crippen LogP contribution in [-0.4, -0.2) is 22.4 Å². The highest BCUT2D eigenvalue weighted by Gasteiger charge is 2.44. The van der Waals surface area contributed by atoms with Crippen molar-refractivity contribution in [3.8, 4) is 0 Å². The number of carboxylic acid groups (broad SMARTS) is 1. The van der Waals surface area contributed by atoms with Crippen LogP contribution >= 0.6 is 27.5 Å². The Morgan fingerprint density at radius 3 is 2.67 bits per heavy atom. The number of aromatic nitrogens is 1. The number of pyridine rings is 1. The minimum absolute atomic E-state index is 0.0992. The zero-order valence-corrected chi connectivity index (χ0v) is 11.0. The van der Waals surface area contributed by atoms with Crippen LogP contribution in [0.2, 0.25) is 0 Å². The van der Waals surface area contributed by atoms with Crippen molar-refractivity contribution < 1.29 is 23.1 Å². The minimum atomic E-state index is -4.79. The van der Waals surface area contributed by atoms with Crippen molar-refractivity contribution >= 4 is 33.6 Å². The molecule has 100 valence electrons. The number of alkyl halides is 4. The summed E-state index contributed by atoms with van der Waals surface area (Å²) in [6, 6.07) is -1.05. The summed E-state index contributed by atoms with van der Waals surface area (Å²) in [6.45, 7) is 0. The fourth-order valence-corrected chi connectivity index (χ4v) is 1.88. The smallest absolute Gasteiger partial charge is 0.414 e. The predicted molar refractivity (Wildman–Crippen MR) is 61.5 cm³/mol. The molecule has 0 saturated heterocycles. The first-order valence-corrected chi connectivity index (χ1v) is 5.85. The van der Waals surface area contributed by atoms with Crippen molar-refractivity contribution in [1.82, 2.24) is 10.3 Å². The molecule has 1 rings (SSSR count). The van der Waals surface area contributed by atoms with Crippen molar-refractivity contribution in [2.75, 3.05) is 0 Å². The molecule has 1 aromatic heterocycles. The maximum absolute atomic E-state index is 12.8. The summed E-state index contributed by atoms with van der Waals surface area (Å²) in [4.78, 5) is 14.0. The van der Waals surface area contributed by atoms with Crippen LogP contribution in [0.3, 0.4) is 0 Å². The fraction of sp³-hybridized carbons (Fsp3) is 0.333. The summed E-state index contributed by atoms with van der Waals surface area (Å²) in [6.07, 6.45) is -5.43. The van der Waals surface area contributed by atoms with E-state index in [9.17, 15) is 18.0 Å². The van der Waals surface area contributed by atoms with Gasteiger partial charge in [-0.2, -0.15) is 13.2 Å². The van der Waals surface area contributed by atoms with Gasteiger partial charge in [-0.25, -0.2) is 4.79 Å². The maximum Gasteiger partial charge on any atom is 0.414 e. The molecule has 18 heavy (non-hydrogen) atoms. The fourth-order valence-electron chi connectivity index (χ4n) is 1.29. The van der Waals surface area contributed by atoms with E-state index in [1.807, 2.05) is 0 Å². The Bertz CT molecular complexity index is 456. The van der Waals surface area contributed by atoms with Crippen LogP contribution in [-0.2, 0) is 5.88 Å². The molecule has 1 unspecified atom stereocenters. The summed E-state index contributed by atoms with van der Waals surface area (Å²) >= 11 is 8.58. The van der Waals surface area contributed by atoms with Crippen molar-refractivity contribution in [1.29, 1.82) is 0 Å². The molecular weight excluding hydrogens is 340 g/mol. The lowest BCUT2D eigenvalue weighted by Gasteiger charge is -2.21. The number of nitrogens with one attached hydrogen (secondary N) is 1. The minimum Gasteiger partial charge on any atom is -0.465 e. The molecule has 1 atom stereocenters. The molecule has 2 N–H and O–H groups in total. The van der Waals surface area contributed by atoms with E-state index < -0.39 is 24.0 Å². The summed E-state index contributed by atoms with van der Waals surface area (Å²) in [5.41, 5.74) is -0.356. The van der Waals surface area contributed by atoms with Gasteiger partial charge in [0.25, 0.3) is 0 Å². The van der Waals surface area contributed by atoms with Gasteiger partial charge in [0.1, 0.15) is 0 Å². The third-order valence-corrected chi connectivity index (χ3v) is 2.70. The SMILES string of the molecule is O=C(O)NC(c1ncc(Br)cc1CCl)C(F)(F)F. The Morgan fingerprint density at radius 1 is 1.61 bits per heavy atom. The van der Waals surface area contributed by atoms with Gasteiger partial charge in [0.05, 0.1) is 5.69 Å². The highest BCUT2D eigenvalue weighted by molar-refractivity contribution is 9.10.